The second kappa shape index (κ2) is 3.93. The smallest absolute Gasteiger partial charge is 0.241 e. The summed E-state index contributed by atoms with van der Waals surface area (Å²) in [5.41, 5.74) is 5.97. The highest BCUT2D eigenvalue weighted by atomic mass is 32.2. The Morgan fingerprint density at radius 2 is 2.00 bits per heavy atom. The largest absolute Gasteiger partial charge is 0.398 e. The number of nitrogens with two attached hydrogens (primary N) is 1. The molecule has 0 bridgehead atoms. The van der Waals surface area contributed by atoms with Crippen molar-refractivity contribution in [1.82, 2.24) is 4.72 Å². The quantitative estimate of drug-likeness (QED) is 0.824. The molecule has 0 saturated heterocycles. The molecule has 1 fully saturated rings. The number of hydrogen-bond donors (Lipinski definition) is 2. The van der Waals surface area contributed by atoms with Crippen LogP contribution in [0.3, 0.4) is 0 Å². The highest BCUT2D eigenvalue weighted by molar-refractivity contribution is 7.89. The van der Waals surface area contributed by atoms with E-state index in [1.54, 1.807) is 0 Å². The average molecular weight is 272 g/mol. The van der Waals surface area contributed by atoms with Crippen molar-refractivity contribution in [3.8, 4) is 0 Å². The number of rotatable bonds is 3. The van der Waals surface area contributed by atoms with E-state index in [4.69, 9.17) is 5.73 Å². The van der Waals surface area contributed by atoms with E-state index in [-0.39, 0.29) is 27.6 Å². The summed E-state index contributed by atoms with van der Waals surface area (Å²) in [6.45, 7) is 5.47. The first-order chi connectivity index (χ1) is 8.13. The SMILES string of the molecule is Cc1c(N)cc(S(=O)(=O)NC2CC2(C)C)cc1F. The van der Waals surface area contributed by atoms with Crippen LogP contribution in [0.5, 0.6) is 0 Å². The Hall–Kier alpha value is -1.14. The van der Waals surface area contributed by atoms with E-state index >= 15 is 0 Å². The van der Waals surface area contributed by atoms with Crippen molar-refractivity contribution in [1.29, 1.82) is 0 Å². The van der Waals surface area contributed by atoms with Gasteiger partial charge in [-0.15, -0.1) is 0 Å². The van der Waals surface area contributed by atoms with Crippen molar-refractivity contribution in [2.24, 2.45) is 5.41 Å². The molecule has 3 N–H and O–H groups in total. The Balaban J connectivity index is 2.31. The van der Waals surface area contributed by atoms with Crippen LogP contribution < -0.4 is 10.5 Å². The van der Waals surface area contributed by atoms with Crippen molar-refractivity contribution in [2.75, 3.05) is 5.73 Å². The number of nitrogens with one attached hydrogen (secondary N) is 1. The van der Waals surface area contributed by atoms with Crippen LogP contribution in [0.1, 0.15) is 25.8 Å². The van der Waals surface area contributed by atoms with Crippen molar-refractivity contribution in [3.63, 3.8) is 0 Å². The molecule has 4 nitrogen and oxygen atoms in total. The number of hydrogen-bond acceptors (Lipinski definition) is 3. The highest BCUT2D eigenvalue weighted by Gasteiger charge is 2.47. The van der Waals surface area contributed by atoms with Gasteiger partial charge in [0, 0.05) is 17.3 Å². The maximum Gasteiger partial charge on any atom is 0.241 e. The average Bonchev–Trinajstić information content (AvgIpc) is 2.80. The Morgan fingerprint density at radius 1 is 1.44 bits per heavy atom. The predicted molar refractivity (Wildman–Crippen MR) is 68.1 cm³/mol. The first-order valence-corrected chi connectivity index (χ1v) is 7.20. The number of benzene rings is 1. The molecule has 0 aliphatic heterocycles. The Labute approximate surface area is 106 Å². The summed E-state index contributed by atoms with van der Waals surface area (Å²) in [7, 11) is -3.70. The first kappa shape index (κ1) is 13.3. The molecule has 1 aromatic carbocycles. The summed E-state index contributed by atoms with van der Waals surface area (Å²) >= 11 is 0. The topological polar surface area (TPSA) is 72.2 Å². The molecule has 0 radical (unpaired) electrons. The van der Waals surface area contributed by atoms with Crippen LogP contribution in [-0.2, 0) is 10.0 Å². The van der Waals surface area contributed by atoms with Gasteiger partial charge in [-0.2, -0.15) is 0 Å². The molecule has 1 unspecified atom stereocenters. The fraction of sp³-hybridized carbons (Fsp3) is 0.500. The van der Waals surface area contributed by atoms with Crippen molar-refractivity contribution in [3.05, 3.63) is 23.5 Å². The third-order valence-electron chi connectivity index (χ3n) is 3.48. The van der Waals surface area contributed by atoms with Crippen LogP contribution in [-0.4, -0.2) is 14.5 Å². The van der Waals surface area contributed by atoms with Gasteiger partial charge in [0.05, 0.1) is 4.90 Å². The lowest BCUT2D eigenvalue weighted by molar-refractivity contribution is 0.553. The standard InChI is InChI=1S/C12H17FN2O2S/c1-7-9(13)4-8(5-10(7)14)18(16,17)15-11-6-12(11,2)3/h4-5,11,15H,6,14H2,1-3H3. The number of anilines is 1. The fourth-order valence-electron chi connectivity index (χ4n) is 1.75. The molecule has 1 aromatic rings. The second-order valence-corrected chi connectivity index (χ2v) is 7.20. The Morgan fingerprint density at radius 3 is 2.44 bits per heavy atom. The lowest BCUT2D eigenvalue weighted by Crippen LogP contribution is -2.28. The molecule has 18 heavy (non-hydrogen) atoms. The molecule has 1 aliphatic rings. The predicted octanol–water partition coefficient (Wildman–Crippen LogP) is 1.79. The lowest BCUT2D eigenvalue weighted by Gasteiger charge is -2.10. The summed E-state index contributed by atoms with van der Waals surface area (Å²) in [5.74, 6) is -0.606. The zero-order valence-electron chi connectivity index (χ0n) is 10.6. The van der Waals surface area contributed by atoms with Crippen molar-refractivity contribution in [2.45, 2.75) is 38.1 Å². The number of sulfonamides is 1. The third kappa shape index (κ3) is 2.35. The Kier molecular flexibility index (Phi) is 2.90. The van der Waals surface area contributed by atoms with Gasteiger partial charge in [-0.05, 0) is 30.9 Å². The molecule has 1 aliphatic carbocycles. The van der Waals surface area contributed by atoms with E-state index in [0.29, 0.717) is 0 Å². The van der Waals surface area contributed by atoms with E-state index in [2.05, 4.69) is 4.72 Å². The molecule has 1 saturated carbocycles. The normalized spacial score (nSPS) is 21.9. The third-order valence-corrected chi connectivity index (χ3v) is 4.93. The number of nitrogen functional groups attached to an aromatic ring is 1. The van der Waals surface area contributed by atoms with Gasteiger partial charge in [0.15, 0.2) is 0 Å². The van der Waals surface area contributed by atoms with Crippen molar-refractivity contribution >= 4 is 15.7 Å². The first-order valence-electron chi connectivity index (χ1n) is 5.71. The molecule has 0 heterocycles. The van der Waals surface area contributed by atoms with E-state index in [1.807, 2.05) is 13.8 Å². The molecule has 1 atom stereocenters. The van der Waals surface area contributed by atoms with E-state index in [0.717, 1.165) is 12.5 Å². The van der Waals surface area contributed by atoms with Gasteiger partial charge in [0.1, 0.15) is 5.82 Å². The minimum Gasteiger partial charge on any atom is -0.398 e. The maximum atomic E-state index is 13.5. The van der Waals surface area contributed by atoms with E-state index in [9.17, 15) is 12.8 Å². The van der Waals surface area contributed by atoms with Crippen LogP contribution in [0.25, 0.3) is 0 Å². The van der Waals surface area contributed by atoms with E-state index < -0.39 is 15.8 Å². The molecule has 2 rings (SSSR count). The van der Waals surface area contributed by atoms with Crippen LogP contribution in [0.2, 0.25) is 0 Å². The van der Waals surface area contributed by atoms with E-state index in [1.165, 1.54) is 13.0 Å². The monoisotopic (exact) mass is 272 g/mol. The fourth-order valence-corrected chi connectivity index (χ4v) is 3.21. The van der Waals surface area contributed by atoms with Gasteiger partial charge in [-0.25, -0.2) is 17.5 Å². The van der Waals surface area contributed by atoms with Gasteiger partial charge in [-0.3, -0.25) is 0 Å². The van der Waals surface area contributed by atoms with Crippen LogP contribution >= 0.6 is 0 Å². The summed E-state index contributed by atoms with van der Waals surface area (Å²) in [5, 5.41) is 0. The molecular weight excluding hydrogens is 255 g/mol. The number of halogens is 1. The van der Waals surface area contributed by atoms with Crippen LogP contribution in [0, 0.1) is 18.2 Å². The Bertz CT molecular complexity index is 573. The van der Waals surface area contributed by atoms with Crippen molar-refractivity contribution < 1.29 is 12.8 Å². The summed E-state index contributed by atoms with van der Waals surface area (Å²) in [6, 6.07) is 2.20. The summed E-state index contributed by atoms with van der Waals surface area (Å²) < 4.78 is 40.2. The minimum absolute atomic E-state index is 0.0259. The second-order valence-electron chi connectivity index (χ2n) is 5.49. The summed E-state index contributed by atoms with van der Waals surface area (Å²) in [6.07, 6.45) is 0.788. The molecular formula is C12H17FN2O2S. The highest BCUT2D eigenvalue weighted by Crippen LogP contribution is 2.45. The lowest BCUT2D eigenvalue weighted by atomic mass is 10.2. The molecule has 0 amide bonds. The van der Waals surface area contributed by atoms with Gasteiger partial charge >= 0.3 is 0 Å². The van der Waals surface area contributed by atoms with Crippen LogP contribution in [0.15, 0.2) is 17.0 Å². The van der Waals surface area contributed by atoms with Gasteiger partial charge in [0.2, 0.25) is 10.0 Å². The van der Waals surface area contributed by atoms with Gasteiger partial charge in [0.25, 0.3) is 0 Å². The zero-order valence-corrected chi connectivity index (χ0v) is 11.4. The summed E-state index contributed by atoms with van der Waals surface area (Å²) in [4.78, 5) is -0.120. The minimum atomic E-state index is -3.70. The van der Waals surface area contributed by atoms with Gasteiger partial charge < -0.3 is 5.73 Å². The van der Waals surface area contributed by atoms with Crippen LogP contribution in [0.4, 0.5) is 10.1 Å². The molecule has 6 heteroatoms. The van der Waals surface area contributed by atoms with Gasteiger partial charge in [-0.1, -0.05) is 13.8 Å². The zero-order chi connectivity index (χ0) is 13.7. The molecule has 0 spiro atoms. The molecule has 100 valence electrons. The molecule has 0 aromatic heterocycles. The maximum absolute atomic E-state index is 13.5.